The zero-order valence-corrected chi connectivity index (χ0v) is 19.7. The Labute approximate surface area is 168 Å². The van der Waals surface area contributed by atoms with Crippen LogP contribution in [0.3, 0.4) is 0 Å². The van der Waals surface area contributed by atoms with E-state index in [0.717, 1.165) is 43.8 Å². The number of rotatable bonds is 13. The fraction of sp³-hybridized carbons (Fsp3) is 0.684. The Balaban J connectivity index is 0.00000312. The number of ether oxygens (including phenoxy) is 5. The zero-order valence-electron chi connectivity index (χ0n) is 15.7. The summed E-state index contributed by atoms with van der Waals surface area (Å²) >= 11 is 0. The molecule has 6 heteroatoms. The molecular weight excluding hydrogens is 430 g/mol. The van der Waals surface area contributed by atoms with Crippen LogP contribution < -0.4 is 9.47 Å². The fourth-order valence-corrected chi connectivity index (χ4v) is 2.53. The van der Waals surface area contributed by atoms with Crippen molar-refractivity contribution in [3.63, 3.8) is 0 Å². The van der Waals surface area contributed by atoms with E-state index in [0.29, 0.717) is 39.8 Å². The quantitative estimate of drug-likeness (QED) is 0.333. The second-order valence-corrected chi connectivity index (χ2v) is 5.86. The molecule has 0 N–H and O–H groups in total. The first kappa shape index (κ1) is 22.6. The molecule has 1 aromatic carbocycles. The van der Waals surface area contributed by atoms with Crippen molar-refractivity contribution in [1.82, 2.24) is 0 Å². The molecule has 1 heterocycles. The molecule has 5 nitrogen and oxygen atoms in total. The van der Waals surface area contributed by atoms with Crippen LogP contribution in [0.5, 0.6) is 11.5 Å². The third-order valence-corrected chi connectivity index (χ3v) is 3.86. The molecule has 0 spiro atoms. The first-order valence-corrected chi connectivity index (χ1v) is 8.99. The second-order valence-electron chi connectivity index (χ2n) is 5.86. The van der Waals surface area contributed by atoms with Gasteiger partial charge in [-0.2, -0.15) is 0 Å². The summed E-state index contributed by atoms with van der Waals surface area (Å²) in [5.41, 5.74) is 2.44. The monoisotopic (exact) mass is 462 g/mol. The summed E-state index contributed by atoms with van der Waals surface area (Å²) in [6.45, 7) is 8.47. The van der Waals surface area contributed by atoms with Crippen molar-refractivity contribution in [2.45, 2.75) is 46.1 Å². The van der Waals surface area contributed by atoms with Gasteiger partial charge in [0.1, 0.15) is 0 Å². The van der Waals surface area contributed by atoms with Gasteiger partial charge in [0.2, 0.25) is 6.79 Å². The van der Waals surface area contributed by atoms with Gasteiger partial charge in [-0.3, -0.25) is 0 Å². The first-order valence-electron chi connectivity index (χ1n) is 8.99. The molecule has 0 saturated heterocycles. The number of unbranched alkanes of at least 4 members (excludes halogenated alkanes) is 1. The van der Waals surface area contributed by atoms with Crippen LogP contribution in [0.25, 0.3) is 0 Å². The van der Waals surface area contributed by atoms with Gasteiger partial charge in [0.15, 0.2) is 11.5 Å². The van der Waals surface area contributed by atoms with E-state index in [4.69, 9.17) is 23.7 Å². The van der Waals surface area contributed by atoms with Crippen LogP contribution in [0.15, 0.2) is 12.1 Å². The van der Waals surface area contributed by atoms with E-state index in [1.54, 1.807) is 0 Å². The zero-order chi connectivity index (χ0) is 17.0. The van der Waals surface area contributed by atoms with Crippen molar-refractivity contribution >= 4 is 24.4 Å². The Morgan fingerprint density at radius 2 is 1.40 bits per heavy atom. The summed E-state index contributed by atoms with van der Waals surface area (Å²) in [4.78, 5) is 0. The molecule has 0 aromatic heterocycles. The van der Waals surface area contributed by atoms with Crippen LogP contribution >= 0.6 is 0 Å². The van der Waals surface area contributed by atoms with Gasteiger partial charge in [-0.25, -0.2) is 0 Å². The van der Waals surface area contributed by atoms with Crippen LogP contribution in [0.1, 0.15) is 44.2 Å². The van der Waals surface area contributed by atoms with E-state index in [1.165, 1.54) is 11.1 Å². The Kier molecular flexibility index (Phi) is 12.4. The average Bonchev–Trinajstić information content (AvgIpc) is 3.04. The number of aryl methyl sites for hydroxylation is 1. The van der Waals surface area contributed by atoms with E-state index in [9.17, 15) is 0 Å². The van der Waals surface area contributed by atoms with E-state index in [2.05, 4.69) is 19.9 Å². The van der Waals surface area contributed by atoms with E-state index >= 15 is 0 Å². The minimum atomic E-state index is 0. The Bertz CT molecular complexity index is 481. The number of hydrogen-bond acceptors (Lipinski definition) is 5. The molecule has 0 saturated carbocycles. The van der Waals surface area contributed by atoms with E-state index in [-0.39, 0.29) is 24.4 Å². The third kappa shape index (κ3) is 8.17. The average molecular weight is 463 g/mol. The maximum atomic E-state index is 5.75. The summed E-state index contributed by atoms with van der Waals surface area (Å²) in [7, 11) is 0. The molecule has 0 atom stereocenters. The molecule has 2 rings (SSSR count). The summed E-state index contributed by atoms with van der Waals surface area (Å²) in [6, 6.07) is 4.12. The van der Waals surface area contributed by atoms with Crippen LogP contribution in [0, 0.1) is 0 Å². The molecule has 1 aliphatic heterocycles. The molecule has 0 unspecified atom stereocenters. The van der Waals surface area contributed by atoms with Gasteiger partial charge in [0, 0.05) is 6.61 Å². The molecule has 0 fully saturated rings. The second kappa shape index (κ2) is 13.7. The van der Waals surface area contributed by atoms with Crippen LogP contribution in [0.4, 0.5) is 0 Å². The molecule has 1 aliphatic rings. The van der Waals surface area contributed by atoms with E-state index < -0.39 is 0 Å². The SMILES string of the molecule is CCCCOCCOCCOCc1cc2c(cc1CCC)OCO2.[SbH3]. The van der Waals surface area contributed by atoms with Crippen LogP contribution in [-0.2, 0) is 27.2 Å². The van der Waals surface area contributed by atoms with Crippen molar-refractivity contribution in [2.75, 3.05) is 39.8 Å². The Hall–Kier alpha value is -0.482. The van der Waals surface area contributed by atoms with Gasteiger partial charge >= 0.3 is 24.4 Å². The topological polar surface area (TPSA) is 46.2 Å². The molecule has 0 bridgehead atoms. The standard InChI is InChI=1S/C19H30O5.Sb.3H/c1-3-5-7-20-8-9-21-10-11-22-14-17-13-19-18(23-15-24-19)12-16(17)6-4-2;;;;/h12-13H,3-11,14-15H2,1-2H3;;;;. The van der Waals surface area contributed by atoms with E-state index in [1.807, 2.05) is 6.07 Å². The normalized spacial score (nSPS) is 12.2. The Morgan fingerprint density at radius 3 is 2.04 bits per heavy atom. The summed E-state index contributed by atoms with van der Waals surface area (Å²) in [5.74, 6) is 1.66. The minimum absolute atomic E-state index is 0. The van der Waals surface area contributed by atoms with Gasteiger partial charge < -0.3 is 23.7 Å². The fourth-order valence-electron chi connectivity index (χ4n) is 2.53. The molecule has 25 heavy (non-hydrogen) atoms. The van der Waals surface area contributed by atoms with Crippen molar-refractivity contribution in [3.8, 4) is 11.5 Å². The van der Waals surface area contributed by atoms with Gasteiger partial charge in [-0.05, 0) is 36.1 Å². The van der Waals surface area contributed by atoms with Crippen molar-refractivity contribution in [1.29, 1.82) is 0 Å². The predicted octanol–water partition coefficient (Wildman–Crippen LogP) is 2.53. The predicted molar refractivity (Wildman–Crippen MR) is 103 cm³/mol. The van der Waals surface area contributed by atoms with Gasteiger partial charge in [0.25, 0.3) is 0 Å². The summed E-state index contributed by atoms with van der Waals surface area (Å²) in [6.07, 6.45) is 4.38. The number of fused-ring (bicyclic) bond motifs is 1. The molecule has 144 valence electrons. The van der Waals surface area contributed by atoms with Crippen molar-refractivity contribution in [3.05, 3.63) is 23.3 Å². The molecule has 0 radical (unpaired) electrons. The van der Waals surface area contributed by atoms with Gasteiger partial charge in [-0.1, -0.05) is 26.7 Å². The van der Waals surface area contributed by atoms with Crippen molar-refractivity contribution < 1.29 is 23.7 Å². The Morgan fingerprint density at radius 1 is 0.800 bits per heavy atom. The van der Waals surface area contributed by atoms with Crippen molar-refractivity contribution in [2.24, 2.45) is 0 Å². The first-order chi connectivity index (χ1) is 11.8. The summed E-state index contributed by atoms with van der Waals surface area (Å²) < 4.78 is 27.6. The molecule has 0 amide bonds. The molecule has 1 aromatic rings. The maximum absolute atomic E-state index is 5.75. The molecular formula is C19H33O5Sb. The molecule has 0 aliphatic carbocycles. The summed E-state index contributed by atoms with van der Waals surface area (Å²) in [5, 5.41) is 0. The third-order valence-electron chi connectivity index (χ3n) is 3.86. The van der Waals surface area contributed by atoms with Gasteiger partial charge in [0.05, 0.1) is 33.0 Å². The number of hydrogen-bond donors (Lipinski definition) is 0. The van der Waals surface area contributed by atoms with Gasteiger partial charge in [-0.15, -0.1) is 0 Å². The van der Waals surface area contributed by atoms with Crippen LogP contribution in [-0.4, -0.2) is 64.3 Å². The number of benzene rings is 1. The van der Waals surface area contributed by atoms with Crippen LogP contribution in [0.2, 0.25) is 0 Å².